The van der Waals surface area contributed by atoms with Crippen molar-refractivity contribution >= 4 is 50.0 Å². The van der Waals surface area contributed by atoms with Gasteiger partial charge in [-0.1, -0.05) is 226 Å². The van der Waals surface area contributed by atoms with Crippen molar-refractivity contribution in [3.05, 3.63) is 83.9 Å². The number of fused-ring (bicyclic) bond motifs is 8. The summed E-state index contributed by atoms with van der Waals surface area (Å²) in [5, 5.41) is 0. The van der Waals surface area contributed by atoms with Gasteiger partial charge in [-0.3, -0.25) is 0 Å². The summed E-state index contributed by atoms with van der Waals surface area (Å²) in [6, 6.07) is 27.1. The van der Waals surface area contributed by atoms with E-state index >= 15 is 0 Å². The Hall–Kier alpha value is -2.31. The molecule has 632 valence electrons. The molecule has 12 aliphatic carbocycles. The molecular weight excluding hydrogens is 1420 g/mol. The van der Waals surface area contributed by atoms with Crippen molar-refractivity contribution in [2.75, 3.05) is 27.4 Å². The van der Waals surface area contributed by atoms with E-state index in [2.05, 4.69) is 275 Å². The fourth-order valence-corrected chi connectivity index (χ4v) is 56.9. The first kappa shape index (κ1) is 89.0. The van der Waals surface area contributed by atoms with Gasteiger partial charge >= 0.3 is 0 Å². The second kappa shape index (κ2) is 35.0. The average Bonchev–Trinajstić information content (AvgIpc) is 1.46. The SMILES string of the molecule is CC1CC2CC3CCCCC3CC2C1[Si](C)(C)N(c1ccccc1)C(C)(C)C.CCN(C(C)(C)C)[Si](C)(C)C1C(C)CC2CC3CCCCC3CC21.COc1ccc(N(C(C)(C)C)[Si](C)(C)C2C(C)CC3CC4CCCCC4CC32)cc1.Cc1cccc(C)c1N(C(C)(C)C)[Si](C)(C)C1C(C)CC2CC3CCCCC3CC21. The van der Waals surface area contributed by atoms with E-state index in [1.165, 1.54) is 151 Å². The molecule has 3 aromatic carbocycles. The van der Waals surface area contributed by atoms with E-state index in [-0.39, 0.29) is 16.6 Å². The Bertz CT molecular complexity index is 3460. The molecule has 12 saturated carbocycles. The first-order valence-electron chi connectivity index (χ1n) is 48.4. The van der Waals surface area contributed by atoms with Crippen LogP contribution in [0, 0.1) is 132 Å². The van der Waals surface area contributed by atoms with Gasteiger partial charge in [0.1, 0.15) is 14.0 Å². The van der Waals surface area contributed by atoms with Crippen LogP contribution in [0.25, 0.3) is 0 Å². The zero-order valence-corrected chi connectivity index (χ0v) is 82.5. The van der Waals surface area contributed by atoms with Gasteiger partial charge in [0.2, 0.25) is 0 Å². The molecule has 0 N–H and O–H groups in total. The van der Waals surface area contributed by atoms with E-state index in [1.807, 2.05) is 0 Å². The lowest BCUT2D eigenvalue weighted by Crippen LogP contribution is -2.62. The van der Waals surface area contributed by atoms with Crippen molar-refractivity contribution in [3.63, 3.8) is 0 Å². The lowest BCUT2D eigenvalue weighted by atomic mass is 9.64. The van der Waals surface area contributed by atoms with Crippen LogP contribution < -0.4 is 18.4 Å². The summed E-state index contributed by atoms with van der Waals surface area (Å²) < 4.78 is 17.1. The van der Waals surface area contributed by atoms with Gasteiger partial charge in [-0.15, -0.1) is 0 Å². The highest BCUT2D eigenvalue weighted by molar-refractivity contribution is 6.84. The summed E-state index contributed by atoms with van der Waals surface area (Å²) in [4.78, 5) is 0. The van der Waals surface area contributed by atoms with E-state index in [4.69, 9.17) is 4.74 Å². The molecule has 0 aromatic heterocycles. The lowest BCUT2D eigenvalue weighted by Gasteiger charge is -2.55. The Kier molecular flexibility index (Phi) is 27.8. The Morgan fingerprint density at radius 3 is 0.848 bits per heavy atom. The largest absolute Gasteiger partial charge is 0.497 e. The maximum absolute atomic E-state index is 5.45. The van der Waals surface area contributed by atoms with Gasteiger partial charge in [-0.2, -0.15) is 0 Å². The van der Waals surface area contributed by atoms with E-state index in [0.29, 0.717) is 5.54 Å². The molecule has 0 spiro atoms. The number of benzene rings is 3. The number of aryl methyl sites for hydroxylation is 2. The third-order valence-electron chi connectivity index (χ3n) is 35.2. The van der Waals surface area contributed by atoms with Crippen LogP contribution in [0.3, 0.4) is 0 Å². The summed E-state index contributed by atoms with van der Waals surface area (Å²) in [6.07, 6.45) is 42.7. The van der Waals surface area contributed by atoms with Crippen LogP contribution in [0.4, 0.5) is 17.1 Å². The summed E-state index contributed by atoms with van der Waals surface area (Å²) in [5.41, 5.74) is 11.9. The molecule has 24 atom stereocenters. The van der Waals surface area contributed by atoms with Crippen molar-refractivity contribution in [3.8, 4) is 5.75 Å². The van der Waals surface area contributed by atoms with E-state index < -0.39 is 32.9 Å². The van der Waals surface area contributed by atoms with Crippen LogP contribution in [0.1, 0.15) is 309 Å². The van der Waals surface area contributed by atoms with Crippen molar-refractivity contribution in [2.24, 2.45) is 118 Å². The van der Waals surface area contributed by atoms with E-state index in [1.54, 1.807) is 70.6 Å². The zero-order valence-electron chi connectivity index (χ0n) is 78.5. The Morgan fingerprint density at radius 2 is 0.580 bits per heavy atom. The molecule has 12 aliphatic rings. The molecule has 0 amide bonds. The van der Waals surface area contributed by atoms with Gasteiger partial charge in [-0.05, 0) is 369 Å². The summed E-state index contributed by atoms with van der Waals surface area (Å²) in [5.74, 6) is 21.1. The number of nitrogens with zero attached hydrogens (tertiary/aromatic N) is 4. The van der Waals surface area contributed by atoms with Crippen LogP contribution in [0.5, 0.6) is 5.75 Å². The van der Waals surface area contributed by atoms with Crippen LogP contribution in [0.2, 0.25) is 74.5 Å². The van der Waals surface area contributed by atoms with Gasteiger partial charge in [0.05, 0.1) is 7.11 Å². The normalized spacial score (nSPS) is 36.0. The van der Waals surface area contributed by atoms with Crippen LogP contribution >= 0.6 is 0 Å². The smallest absolute Gasteiger partial charge is 0.154 e. The van der Waals surface area contributed by atoms with Crippen LogP contribution in [-0.2, 0) is 0 Å². The molecule has 0 radical (unpaired) electrons. The van der Waals surface area contributed by atoms with Crippen molar-refractivity contribution < 1.29 is 4.74 Å². The van der Waals surface area contributed by atoms with E-state index in [0.717, 1.165) is 146 Å². The number of ether oxygens (including phenoxy) is 1. The highest BCUT2D eigenvalue weighted by Gasteiger charge is 2.61. The summed E-state index contributed by atoms with van der Waals surface area (Å²) >= 11 is 0. The topological polar surface area (TPSA) is 22.2 Å². The maximum atomic E-state index is 5.45. The van der Waals surface area contributed by atoms with Crippen LogP contribution in [-0.4, -0.2) is 73.3 Å². The Balaban J connectivity index is 0.000000139. The molecule has 0 bridgehead atoms. The fraction of sp³-hybridized carbons (Fsp3) is 0.825. The van der Waals surface area contributed by atoms with Crippen LogP contribution in [0.15, 0.2) is 72.8 Å². The highest BCUT2D eigenvalue weighted by atomic mass is 28.3. The lowest BCUT2D eigenvalue weighted by molar-refractivity contribution is 0.0915. The third-order valence-corrected chi connectivity index (χ3v) is 54.3. The first-order chi connectivity index (χ1) is 52.5. The predicted molar refractivity (Wildman–Crippen MR) is 501 cm³/mol. The molecule has 15 rings (SSSR count). The predicted octanol–water partition coefficient (Wildman–Crippen LogP) is 30.4. The molecule has 5 nitrogen and oxygen atoms in total. The van der Waals surface area contributed by atoms with Gasteiger partial charge in [0, 0.05) is 39.2 Å². The third kappa shape index (κ3) is 18.5. The number of hydrogen-bond donors (Lipinski definition) is 0. The van der Waals surface area contributed by atoms with Crippen molar-refractivity contribution in [1.29, 1.82) is 0 Å². The number of hydrogen-bond acceptors (Lipinski definition) is 5. The minimum Gasteiger partial charge on any atom is -0.497 e. The Morgan fingerprint density at radius 1 is 0.312 bits per heavy atom. The zero-order chi connectivity index (χ0) is 81.3. The minimum absolute atomic E-state index is 0.129. The van der Waals surface area contributed by atoms with Crippen molar-refractivity contribution in [2.45, 2.75) is 408 Å². The number of anilines is 3. The average molecular weight is 1600 g/mol. The van der Waals surface area contributed by atoms with E-state index in [9.17, 15) is 0 Å². The number of para-hydroxylation sites is 2. The monoisotopic (exact) mass is 1600 g/mol. The molecule has 9 heteroatoms. The summed E-state index contributed by atoms with van der Waals surface area (Å²) in [6.45, 7) is 69.6. The number of methoxy groups -OCH3 is 1. The highest BCUT2D eigenvalue weighted by Crippen LogP contribution is 2.66. The number of rotatable bonds is 13. The fourth-order valence-electron chi connectivity index (χ4n) is 33.4. The van der Waals surface area contributed by atoms with Gasteiger partial charge < -0.3 is 23.0 Å². The molecule has 12 fully saturated rings. The molecule has 0 heterocycles. The maximum Gasteiger partial charge on any atom is 0.154 e. The quantitative estimate of drug-likeness (QED) is 0.159. The summed E-state index contributed by atoms with van der Waals surface area (Å²) in [7, 11) is -4.81. The molecule has 112 heavy (non-hydrogen) atoms. The molecular formula is C103H178N4OSi4. The minimum atomic E-state index is -1.74. The first-order valence-corrected chi connectivity index (χ1v) is 60.5. The van der Waals surface area contributed by atoms with Gasteiger partial charge in [0.25, 0.3) is 0 Å². The van der Waals surface area contributed by atoms with Crippen molar-refractivity contribution in [1.82, 2.24) is 4.57 Å². The molecule has 3 aromatic rings. The van der Waals surface area contributed by atoms with Gasteiger partial charge in [-0.25, -0.2) is 0 Å². The Labute approximate surface area is 698 Å². The van der Waals surface area contributed by atoms with Gasteiger partial charge in [0.15, 0.2) is 24.7 Å². The second-order valence-corrected chi connectivity index (χ2v) is 65.9. The molecule has 24 unspecified atom stereocenters. The molecule has 0 saturated heterocycles. The molecule has 0 aliphatic heterocycles. The second-order valence-electron chi connectivity index (χ2n) is 48.1. The standard InChI is InChI=1S/C28H47NSi.C27H45NOSi.C26H43NSi.C22H43NSi/c1-19-12-11-13-20(2)26(19)29(28(4,5)6)30(7,8)27-21(3)16-24-17-22-14-9-10-15-23(22)18-25(24)27;1-19-16-22-17-20-10-8-9-11-21(20)18-25(22)26(19)30(6,7)28(27(2,3)4)23-12-14-24(29-5)15-13-23;1-19-16-22-17-20-12-10-11-13-21(20)18-24(22)25(19)28(5,6)27(26(2,3)4)23-14-8-7-9-15-23;1-8-23(22(3,4)5)24(6,7)21-16(2)13-19-14-17-11-9-10-12-18(17)15-20(19)21/h11-13,21-25,27H,9-10,14-18H2,1-8H3;12-15,19-22,25-26H,8-11,16-18H2,1-7H3;7-9,14-15,19-22,24-25H,10-13,16-18H2,1-6H3;16-21H,8-15H2,1-7H3.